The van der Waals surface area contributed by atoms with Crippen molar-refractivity contribution in [3.8, 4) is 0 Å². The summed E-state index contributed by atoms with van der Waals surface area (Å²) in [6.07, 6.45) is 7.28. The van der Waals surface area contributed by atoms with Crippen molar-refractivity contribution in [1.82, 2.24) is 14.8 Å². The van der Waals surface area contributed by atoms with Gasteiger partial charge in [-0.1, -0.05) is 18.2 Å². The van der Waals surface area contributed by atoms with Gasteiger partial charge in [-0.25, -0.2) is 0 Å². The molecule has 1 unspecified atom stereocenters. The van der Waals surface area contributed by atoms with E-state index in [-0.39, 0.29) is 0 Å². The van der Waals surface area contributed by atoms with Crippen LogP contribution in [0.15, 0.2) is 36.7 Å². The Labute approximate surface area is 117 Å². The molecule has 0 amide bonds. The summed E-state index contributed by atoms with van der Waals surface area (Å²) in [5, 5.41) is 9.18. The van der Waals surface area contributed by atoms with E-state index in [1.807, 2.05) is 24.1 Å². The maximum atomic E-state index is 4.21. The van der Waals surface area contributed by atoms with Gasteiger partial charge < -0.3 is 10.3 Å². The standard InChI is InChI=1S/C16H18N4/c1-20-10-12(9-17-20)18-11-6-7-14-13-4-2-3-5-15(13)19-16(14)8-11/h2-5,9-11,18-19H,6-8H2,1H3. The summed E-state index contributed by atoms with van der Waals surface area (Å²) in [4.78, 5) is 3.58. The summed E-state index contributed by atoms with van der Waals surface area (Å²) < 4.78 is 1.83. The smallest absolute Gasteiger partial charge is 0.0728 e. The van der Waals surface area contributed by atoms with Crippen molar-refractivity contribution < 1.29 is 0 Å². The number of benzene rings is 1. The molecule has 0 saturated heterocycles. The zero-order valence-electron chi connectivity index (χ0n) is 11.6. The van der Waals surface area contributed by atoms with Crippen molar-refractivity contribution in [3.63, 3.8) is 0 Å². The van der Waals surface area contributed by atoms with E-state index < -0.39 is 0 Å². The van der Waals surface area contributed by atoms with E-state index in [1.54, 1.807) is 0 Å². The number of anilines is 1. The highest BCUT2D eigenvalue weighted by Crippen LogP contribution is 2.30. The van der Waals surface area contributed by atoms with Crippen LogP contribution >= 0.6 is 0 Å². The lowest BCUT2D eigenvalue weighted by molar-refractivity contribution is 0.606. The average molecular weight is 266 g/mol. The van der Waals surface area contributed by atoms with Crippen LogP contribution in [-0.2, 0) is 19.9 Å². The molecule has 0 bridgehead atoms. The average Bonchev–Trinajstić information content (AvgIpc) is 3.01. The molecule has 4 nitrogen and oxygen atoms in total. The molecule has 4 heteroatoms. The molecule has 0 saturated carbocycles. The Morgan fingerprint density at radius 1 is 1.35 bits per heavy atom. The highest BCUT2D eigenvalue weighted by atomic mass is 15.3. The molecule has 2 heterocycles. The largest absolute Gasteiger partial charge is 0.379 e. The molecule has 102 valence electrons. The fourth-order valence-electron chi connectivity index (χ4n) is 3.24. The Bertz CT molecular complexity index is 753. The lowest BCUT2D eigenvalue weighted by Gasteiger charge is -2.23. The molecule has 1 aliphatic carbocycles. The van der Waals surface area contributed by atoms with Crippen LogP contribution in [0.3, 0.4) is 0 Å². The Balaban J connectivity index is 1.60. The van der Waals surface area contributed by atoms with Gasteiger partial charge in [0, 0.05) is 42.3 Å². The predicted molar refractivity (Wildman–Crippen MR) is 80.9 cm³/mol. The minimum Gasteiger partial charge on any atom is -0.379 e. The van der Waals surface area contributed by atoms with Gasteiger partial charge in [-0.15, -0.1) is 0 Å². The molecule has 0 aliphatic heterocycles. The fraction of sp³-hybridized carbons (Fsp3) is 0.312. The van der Waals surface area contributed by atoms with Gasteiger partial charge in [-0.3, -0.25) is 4.68 Å². The quantitative estimate of drug-likeness (QED) is 0.749. The number of rotatable bonds is 2. The Kier molecular flexibility index (Phi) is 2.55. The first kappa shape index (κ1) is 11.6. The highest BCUT2D eigenvalue weighted by Gasteiger charge is 2.22. The van der Waals surface area contributed by atoms with Crippen molar-refractivity contribution in [3.05, 3.63) is 47.9 Å². The van der Waals surface area contributed by atoms with Crippen LogP contribution in [0.4, 0.5) is 5.69 Å². The predicted octanol–water partition coefficient (Wildman–Crippen LogP) is 2.87. The molecule has 1 aromatic carbocycles. The number of fused-ring (bicyclic) bond motifs is 3. The van der Waals surface area contributed by atoms with Gasteiger partial charge in [0.2, 0.25) is 0 Å². The molecule has 1 atom stereocenters. The summed E-state index contributed by atoms with van der Waals surface area (Å²) in [5.41, 5.74) is 5.26. The summed E-state index contributed by atoms with van der Waals surface area (Å²) in [6.45, 7) is 0. The first-order chi connectivity index (χ1) is 9.79. The SMILES string of the molecule is Cn1cc(NC2CCc3c([nH]c4ccccc34)C2)cn1. The normalized spacial score (nSPS) is 18.1. The third-order valence-electron chi connectivity index (χ3n) is 4.17. The van der Waals surface area contributed by atoms with E-state index in [1.165, 1.54) is 28.6 Å². The van der Waals surface area contributed by atoms with Crippen molar-refractivity contribution in [2.24, 2.45) is 7.05 Å². The van der Waals surface area contributed by atoms with Gasteiger partial charge in [0.25, 0.3) is 0 Å². The number of para-hydroxylation sites is 1. The molecule has 1 aliphatic rings. The lowest BCUT2D eigenvalue weighted by atomic mass is 9.91. The number of nitrogens with one attached hydrogen (secondary N) is 2. The second-order valence-electron chi connectivity index (χ2n) is 5.61. The van der Waals surface area contributed by atoms with Crippen molar-refractivity contribution in [1.29, 1.82) is 0 Å². The fourth-order valence-corrected chi connectivity index (χ4v) is 3.24. The number of aromatic nitrogens is 3. The van der Waals surface area contributed by atoms with Gasteiger partial charge in [0.1, 0.15) is 0 Å². The number of H-pyrrole nitrogens is 1. The number of aryl methyl sites for hydroxylation is 2. The number of hydrogen-bond acceptors (Lipinski definition) is 2. The van der Waals surface area contributed by atoms with E-state index in [9.17, 15) is 0 Å². The summed E-state index contributed by atoms with van der Waals surface area (Å²) >= 11 is 0. The molecule has 2 N–H and O–H groups in total. The molecule has 20 heavy (non-hydrogen) atoms. The van der Waals surface area contributed by atoms with Crippen LogP contribution in [0.2, 0.25) is 0 Å². The molecule has 3 aromatic rings. The van der Waals surface area contributed by atoms with Crippen LogP contribution < -0.4 is 5.32 Å². The van der Waals surface area contributed by atoms with Crippen molar-refractivity contribution in [2.45, 2.75) is 25.3 Å². The number of aromatic amines is 1. The van der Waals surface area contributed by atoms with Crippen LogP contribution in [0, 0.1) is 0 Å². The van der Waals surface area contributed by atoms with E-state index in [0.717, 1.165) is 18.5 Å². The number of nitrogens with zero attached hydrogens (tertiary/aromatic N) is 2. The topological polar surface area (TPSA) is 45.6 Å². The van der Waals surface area contributed by atoms with Crippen LogP contribution in [-0.4, -0.2) is 20.8 Å². The minimum absolute atomic E-state index is 0.486. The first-order valence-corrected chi connectivity index (χ1v) is 7.13. The maximum Gasteiger partial charge on any atom is 0.0728 e. The van der Waals surface area contributed by atoms with Crippen LogP contribution in [0.5, 0.6) is 0 Å². The Morgan fingerprint density at radius 3 is 3.10 bits per heavy atom. The molecule has 0 spiro atoms. The molecule has 2 aromatic heterocycles. The van der Waals surface area contributed by atoms with E-state index in [2.05, 4.69) is 39.7 Å². The molecule has 0 radical (unpaired) electrons. The number of hydrogen-bond donors (Lipinski definition) is 2. The van der Waals surface area contributed by atoms with Crippen LogP contribution in [0.25, 0.3) is 10.9 Å². The van der Waals surface area contributed by atoms with Gasteiger partial charge in [0.15, 0.2) is 0 Å². The maximum absolute atomic E-state index is 4.21. The highest BCUT2D eigenvalue weighted by molar-refractivity contribution is 5.84. The van der Waals surface area contributed by atoms with Gasteiger partial charge >= 0.3 is 0 Å². The summed E-state index contributed by atoms with van der Waals surface area (Å²) in [6, 6.07) is 9.09. The second-order valence-corrected chi connectivity index (χ2v) is 5.61. The van der Waals surface area contributed by atoms with Crippen LogP contribution in [0.1, 0.15) is 17.7 Å². The van der Waals surface area contributed by atoms with Gasteiger partial charge in [-0.2, -0.15) is 5.10 Å². The monoisotopic (exact) mass is 266 g/mol. The molecular formula is C16H18N4. The lowest BCUT2D eigenvalue weighted by Crippen LogP contribution is -2.27. The summed E-state index contributed by atoms with van der Waals surface area (Å²) in [5.74, 6) is 0. The third-order valence-corrected chi connectivity index (χ3v) is 4.17. The Hall–Kier alpha value is -2.23. The minimum atomic E-state index is 0.486. The second kappa shape index (κ2) is 4.40. The zero-order valence-corrected chi connectivity index (χ0v) is 11.6. The molecular weight excluding hydrogens is 248 g/mol. The summed E-state index contributed by atoms with van der Waals surface area (Å²) in [7, 11) is 1.95. The third kappa shape index (κ3) is 1.88. The van der Waals surface area contributed by atoms with Gasteiger partial charge in [0.05, 0.1) is 11.9 Å². The van der Waals surface area contributed by atoms with E-state index in [4.69, 9.17) is 0 Å². The van der Waals surface area contributed by atoms with Crippen molar-refractivity contribution in [2.75, 3.05) is 5.32 Å². The first-order valence-electron chi connectivity index (χ1n) is 7.13. The van der Waals surface area contributed by atoms with Crippen molar-refractivity contribution >= 4 is 16.6 Å². The molecule has 0 fully saturated rings. The zero-order chi connectivity index (χ0) is 13.5. The van der Waals surface area contributed by atoms with Gasteiger partial charge in [-0.05, 0) is 24.5 Å². The van der Waals surface area contributed by atoms with E-state index in [0.29, 0.717) is 6.04 Å². The molecule has 4 rings (SSSR count). The van der Waals surface area contributed by atoms with E-state index >= 15 is 0 Å². The Morgan fingerprint density at radius 2 is 2.25 bits per heavy atom.